The van der Waals surface area contributed by atoms with E-state index in [4.69, 9.17) is 10.5 Å². The van der Waals surface area contributed by atoms with Gasteiger partial charge in [-0.3, -0.25) is 0 Å². The number of nitrogens with two attached hydrogens (primary N) is 1. The molecule has 0 amide bonds. The van der Waals surface area contributed by atoms with E-state index in [9.17, 15) is 13.2 Å². The van der Waals surface area contributed by atoms with Crippen LogP contribution in [0.3, 0.4) is 0 Å². The maximum absolute atomic E-state index is 13.6. The van der Waals surface area contributed by atoms with E-state index in [2.05, 4.69) is 0 Å². The molecular weight excluding hydrogens is 243 g/mol. The summed E-state index contributed by atoms with van der Waals surface area (Å²) in [6.45, 7) is 0. The minimum atomic E-state index is -0.975. The molecule has 2 rings (SSSR count). The van der Waals surface area contributed by atoms with Crippen molar-refractivity contribution >= 4 is 5.69 Å². The number of methoxy groups -OCH3 is 1. The summed E-state index contributed by atoms with van der Waals surface area (Å²) in [5, 5.41) is 0. The van der Waals surface area contributed by atoms with Crippen molar-refractivity contribution in [3.05, 3.63) is 47.8 Å². The fraction of sp³-hybridized carbons (Fsp3) is 0.0769. The molecule has 94 valence electrons. The Kier molecular flexibility index (Phi) is 3.14. The van der Waals surface area contributed by atoms with Crippen molar-refractivity contribution < 1.29 is 17.9 Å². The van der Waals surface area contributed by atoms with E-state index in [1.54, 1.807) is 0 Å². The van der Waals surface area contributed by atoms with E-state index in [1.807, 2.05) is 0 Å². The number of halogens is 3. The van der Waals surface area contributed by atoms with Crippen molar-refractivity contribution in [3.63, 3.8) is 0 Å². The predicted octanol–water partition coefficient (Wildman–Crippen LogP) is 3.36. The van der Waals surface area contributed by atoms with Crippen molar-refractivity contribution in [2.75, 3.05) is 12.8 Å². The topological polar surface area (TPSA) is 35.2 Å². The van der Waals surface area contributed by atoms with Crippen LogP contribution in [0, 0.1) is 17.5 Å². The third-order valence-electron chi connectivity index (χ3n) is 2.53. The first-order chi connectivity index (χ1) is 8.52. The van der Waals surface area contributed by atoms with Crippen LogP contribution in [-0.4, -0.2) is 7.11 Å². The molecule has 2 aromatic carbocycles. The molecule has 0 aliphatic carbocycles. The van der Waals surface area contributed by atoms with Gasteiger partial charge in [0.15, 0.2) is 0 Å². The molecule has 18 heavy (non-hydrogen) atoms. The van der Waals surface area contributed by atoms with E-state index < -0.39 is 17.5 Å². The SMILES string of the molecule is COc1ccc(-c2c(F)cc(F)cc2F)cc1N. The molecule has 0 radical (unpaired) electrons. The van der Waals surface area contributed by atoms with E-state index in [0.717, 1.165) is 0 Å². The average Bonchev–Trinajstić information content (AvgIpc) is 2.27. The molecule has 0 bridgehead atoms. The summed E-state index contributed by atoms with van der Waals surface area (Å²) < 4.78 is 44.9. The first-order valence-electron chi connectivity index (χ1n) is 5.11. The van der Waals surface area contributed by atoms with Crippen LogP contribution >= 0.6 is 0 Å². The lowest BCUT2D eigenvalue weighted by Gasteiger charge is -2.09. The highest BCUT2D eigenvalue weighted by Crippen LogP contribution is 2.31. The fourth-order valence-electron chi connectivity index (χ4n) is 1.71. The van der Waals surface area contributed by atoms with Crippen LogP contribution < -0.4 is 10.5 Å². The molecule has 0 aliphatic heterocycles. The molecule has 0 atom stereocenters. The van der Waals surface area contributed by atoms with Crippen LogP contribution in [0.1, 0.15) is 0 Å². The highest BCUT2D eigenvalue weighted by Gasteiger charge is 2.14. The summed E-state index contributed by atoms with van der Waals surface area (Å²) in [4.78, 5) is 0. The molecule has 0 unspecified atom stereocenters. The van der Waals surface area contributed by atoms with Crippen LogP contribution in [0.4, 0.5) is 18.9 Å². The summed E-state index contributed by atoms with van der Waals surface area (Å²) in [7, 11) is 1.43. The average molecular weight is 253 g/mol. The van der Waals surface area contributed by atoms with Gasteiger partial charge < -0.3 is 10.5 Å². The van der Waals surface area contributed by atoms with Crippen molar-refractivity contribution in [2.24, 2.45) is 0 Å². The minimum absolute atomic E-state index is 0.225. The third kappa shape index (κ3) is 2.11. The zero-order valence-corrected chi connectivity index (χ0v) is 9.51. The van der Waals surface area contributed by atoms with E-state index in [0.29, 0.717) is 17.9 Å². The Morgan fingerprint density at radius 3 is 2.11 bits per heavy atom. The van der Waals surface area contributed by atoms with Crippen LogP contribution in [0.25, 0.3) is 11.1 Å². The Bertz CT molecular complexity index is 576. The lowest BCUT2D eigenvalue weighted by atomic mass is 10.0. The monoisotopic (exact) mass is 253 g/mol. The van der Waals surface area contributed by atoms with E-state index in [1.165, 1.54) is 25.3 Å². The van der Waals surface area contributed by atoms with E-state index in [-0.39, 0.29) is 16.8 Å². The molecule has 0 spiro atoms. The van der Waals surface area contributed by atoms with Gasteiger partial charge in [-0.1, -0.05) is 6.07 Å². The number of anilines is 1. The Morgan fingerprint density at radius 1 is 1.00 bits per heavy atom. The maximum Gasteiger partial charge on any atom is 0.141 e. The molecule has 0 saturated heterocycles. The van der Waals surface area contributed by atoms with Crippen molar-refractivity contribution in [2.45, 2.75) is 0 Å². The lowest BCUT2D eigenvalue weighted by Crippen LogP contribution is -1.96. The van der Waals surface area contributed by atoms with Crippen molar-refractivity contribution in [1.29, 1.82) is 0 Å². The molecule has 2 N–H and O–H groups in total. The molecule has 2 aromatic rings. The number of benzene rings is 2. The largest absolute Gasteiger partial charge is 0.495 e. The summed E-state index contributed by atoms with van der Waals surface area (Å²) in [6, 6.07) is 5.57. The number of ether oxygens (including phenoxy) is 1. The summed E-state index contributed by atoms with van der Waals surface area (Å²) in [5.74, 6) is -2.51. The summed E-state index contributed by atoms with van der Waals surface area (Å²) >= 11 is 0. The molecule has 0 fully saturated rings. The second-order valence-electron chi connectivity index (χ2n) is 3.70. The zero-order valence-electron chi connectivity index (χ0n) is 9.51. The summed E-state index contributed by atoms with van der Waals surface area (Å²) in [6.07, 6.45) is 0. The highest BCUT2D eigenvalue weighted by atomic mass is 19.1. The van der Waals surface area contributed by atoms with E-state index >= 15 is 0 Å². The highest BCUT2D eigenvalue weighted by molar-refractivity contribution is 5.71. The molecule has 0 aliphatic rings. The Morgan fingerprint density at radius 2 is 1.61 bits per heavy atom. The molecule has 0 aromatic heterocycles. The summed E-state index contributed by atoms with van der Waals surface area (Å²) in [5.41, 5.74) is 5.81. The molecule has 2 nitrogen and oxygen atoms in total. The molecular formula is C13H10F3NO. The predicted molar refractivity (Wildman–Crippen MR) is 62.7 cm³/mol. The third-order valence-corrected chi connectivity index (χ3v) is 2.53. The van der Waals surface area contributed by atoms with Gasteiger partial charge in [0.2, 0.25) is 0 Å². The van der Waals surface area contributed by atoms with Gasteiger partial charge in [0.25, 0.3) is 0 Å². The Balaban J connectivity index is 2.59. The first-order valence-corrected chi connectivity index (χ1v) is 5.11. The van der Waals surface area contributed by atoms with Crippen molar-refractivity contribution in [3.8, 4) is 16.9 Å². The standard InChI is InChI=1S/C13H10F3NO/c1-18-12-3-2-7(4-11(12)17)13-9(15)5-8(14)6-10(13)16/h2-6H,17H2,1H3. The second-order valence-corrected chi connectivity index (χ2v) is 3.70. The van der Waals surface area contributed by atoms with Gasteiger partial charge in [-0.2, -0.15) is 0 Å². The number of hydrogen-bond donors (Lipinski definition) is 1. The van der Waals surface area contributed by atoms with Crippen LogP contribution in [0.2, 0.25) is 0 Å². The zero-order chi connectivity index (χ0) is 13.3. The quantitative estimate of drug-likeness (QED) is 0.833. The van der Waals surface area contributed by atoms with Crippen molar-refractivity contribution in [1.82, 2.24) is 0 Å². The second kappa shape index (κ2) is 4.60. The fourth-order valence-corrected chi connectivity index (χ4v) is 1.71. The van der Waals surface area contributed by atoms with Crippen LogP contribution in [0.15, 0.2) is 30.3 Å². The van der Waals surface area contributed by atoms with Crippen LogP contribution in [0.5, 0.6) is 5.75 Å². The van der Waals surface area contributed by atoms with Gasteiger partial charge in [0.1, 0.15) is 23.2 Å². The van der Waals surface area contributed by atoms with Gasteiger partial charge in [-0.25, -0.2) is 13.2 Å². The Labute approximate surface area is 102 Å². The van der Waals surface area contributed by atoms with Gasteiger partial charge in [0.05, 0.1) is 18.4 Å². The number of hydrogen-bond acceptors (Lipinski definition) is 2. The first kappa shape index (κ1) is 12.3. The van der Waals surface area contributed by atoms with Gasteiger partial charge in [-0.15, -0.1) is 0 Å². The molecule has 5 heteroatoms. The lowest BCUT2D eigenvalue weighted by molar-refractivity contribution is 0.417. The number of nitrogen functional groups attached to an aromatic ring is 1. The van der Waals surface area contributed by atoms with Gasteiger partial charge in [0, 0.05) is 12.1 Å². The van der Waals surface area contributed by atoms with Crippen LogP contribution in [-0.2, 0) is 0 Å². The number of rotatable bonds is 2. The maximum atomic E-state index is 13.6. The van der Waals surface area contributed by atoms with Gasteiger partial charge >= 0.3 is 0 Å². The molecule has 0 saturated carbocycles. The smallest absolute Gasteiger partial charge is 0.141 e. The normalized spacial score (nSPS) is 10.4. The van der Waals surface area contributed by atoms with Gasteiger partial charge in [-0.05, 0) is 17.7 Å². The minimum Gasteiger partial charge on any atom is -0.495 e. The Hall–Kier alpha value is -2.17. The molecule has 0 heterocycles.